The number of aromatic nitrogens is 3. The molecule has 1 amide bonds. The third-order valence-corrected chi connectivity index (χ3v) is 4.71. The number of amides is 1. The Bertz CT molecular complexity index is 868. The molecule has 1 aromatic carbocycles. The minimum absolute atomic E-state index is 0.0466. The van der Waals surface area contributed by atoms with Crippen LogP contribution in [0.25, 0.3) is 11.0 Å². The van der Waals surface area contributed by atoms with Crippen LogP contribution >= 0.6 is 11.8 Å². The predicted molar refractivity (Wildman–Crippen MR) is 104 cm³/mol. The van der Waals surface area contributed by atoms with Crippen molar-refractivity contribution in [2.24, 2.45) is 0 Å². The number of nitrogens with one attached hydrogen (secondary N) is 1. The number of fused-ring (bicyclic) bond motifs is 1. The van der Waals surface area contributed by atoms with Crippen molar-refractivity contribution >= 4 is 34.7 Å². The zero-order valence-electron chi connectivity index (χ0n) is 14.7. The number of carbonyl (C=O) groups excluding carboxylic acids is 1. The Morgan fingerprint density at radius 3 is 2.72 bits per heavy atom. The molecule has 0 aliphatic heterocycles. The van der Waals surface area contributed by atoms with E-state index in [4.69, 9.17) is 0 Å². The SMILES string of the molecule is CC(C)(C)n1c(NC(=O)CSCc2cccnc2)nc2ccccc21. The zero-order valence-corrected chi connectivity index (χ0v) is 15.5. The summed E-state index contributed by atoms with van der Waals surface area (Å²) in [5, 5.41) is 2.97. The summed E-state index contributed by atoms with van der Waals surface area (Å²) in [6.07, 6.45) is 3.57. The van der Waals surface area contributed by atoms with E-state index in [1.165, 1.54) is 0 Å². The van der Waals surface area contributed by atoms with Crippen LogP contribution in [0.2, 0.25) is 0 Å². The smallest absolute Gasteiger partial charge is 0.236 e. The van der Waals surface area contributed by atoms with E-state index in [2.05, 4.69) is 40.6 Å². The van der Waals surface area contributed by atoms with Gasteiger partial charge in [0.05, 0.1) is 16.8 Å². The molecule has 2 aromatic heterocycles. The first kappa shape index (κ1) is 17.5. The number of para-hydroxylation sites is 2. The second kappa shape index (κ2) is 7.27. The molecule has 0 atom stereocenters. The molecule has 5 nitrogen and oxygen atoms in total. The molecule has 25 heavy (non-hydrogen) atoms. The molecule has 0 bridgehead atoms. The maximum atomic E-state index is 12.4. The first-order chi connectivity index (χ1) is 11.9. The van der Waals surface area contributed by atoms with Crippen LogP contribution in [0.1, 0.15) is 26.3 Å². The van der Waals surface area contributed by atoms with E-state index in [1.807, 2.05) is 42.6 Å². The fourth-order valence-corrected chi connectivity index (χ4v) is 3.46. The summed E-state index contributed by atoms with van der Waals surface area (Å²) in [6.45, 7) is 6.32. The highest BCUT2D eigenvalue weighted by molar-refractivity contribution is 7.99. The van der Waals surface area contributed by atoms with Gasteiger partial charge in [0, 0.05) is 23.7 Å². The van der Waals surface area contributed by atoms with Crippen LogP contribution in [-0.4, -0.2) is 26.2 Å². The lowest BCUT2D eigenvalue weighted by Crippen LogP contribution is -2.26. The molecule has 2 heterocycles. The van der Waals surface area contributed by atoms with Crippen LogP contribution in [0, 0.1) is 0 Å². The van der Waals surface area contributed by atoms with Gasteiger partial charge < -0.3 is 4.57 Å². The van der Waals surface area contributed by atoms with Crippen LogP contribution in [0.4, 0.5) is 5.95 Å². The van der Waals surface area contributed by atoms with Gasteiger partial charge >= 0.3 is 0 Å². The monoisotopic (exact) mass is 354 g/mol. The largest absolute Gasteiger partial charge is 0.305 e. The Balaban J connectivity index is 1.71. The molecule has 1 N–H and O–H groups in total. The standard InChI is InChI=1S/C19H22N4OS/c1-19(2,3)23-16-9-5-4-8-15(16)21-18(23)22-17(24)13-25-12-14-7-6-10-20-11-14/h4-11H,12-13H2,1-3H3,(H,21,22,24). The van der Waals surface area contributed by atoms with Crippen LogP contribution < -0.4 is 5.32 Å². The van der Waals surface area contributed by atoms with Gasteiger partial charge in [0.2, 0.25) is 11.9 Å². The summed E-state index contributed by atoms with van der Waals surface area (Å²) in [6, 6.07) is 11.8. The van der Waals surface area contributed by atoms with Gasteiger partial charge in [-0.1, -0.05) is 18.2 Å². The number of hydrogen-bond donors (Lipinski definition) is 1. The molecule has 130 valence electrons. The number of imidazole rings is 1. The van der Waals surface area contributed by atoms with Gasteiger partial charge in [-0.25, -0.2) is 4.98 Å². The van der Waals surface area contributed by atoms with Gasteiger partial charge in [-0.2, -0.15) is 0 Å². The minimum atomic E-state index is -0.179. The Morgan fingerprint density at radius 1 is 1.20 bits per heavy atom. The van der Waals surface area contributed by atoms with E-state index in [0.717, 1.165) is 22.3 Å². The van der Waals surface area contributed by atoms with E-state index in [9.17, 15) is 4.79 Å². The van der Waals surface area contributed by atoms with E-state index >= 15 is 0 Å². The molecule has 3 aromatic rings. The van der Waals surface area contributed by atoms with E-state index < -0.39 is 0 Å². The third kappa shape index (κ3) is 4.20. The molecule has 0 aliphatic carbocycles. The van der Waals surface area contributed by atoms with Crippen molar-refractivity contribution in [1.29, 1.82) is 0 Å². The van der Waals surface area contributed by atoms with Gasteiger partial charge in [0.25, 0.3) is 0 Å². The molecular formula is C19H22N4OS. The van der Waals surface area contributed by atoms with Crippen LogP contribution in [-0.2, 0) is 16.1 Å². The zero-order chi connectivity index (χ0) is 17.9. The average Bonchev–Trinajstić information content (AvgIpc) is 2.93. The fourth-order valence-electron chi connectivity index (χ4n) is 2.69. The summed E-state index contributed by atoms with van der Waals surface area (Å²) in [5.74, 6) is 1.69. The molecule has 0 aliphatic rings. The molecule has 0 radical (unpaired) electrons. The van der Waals surface area contributed by atoms with Crippen LogP contribution in [0.3, 0.4) is 0 Å². The molecule has 0 saturated carbocycles. The Morgan fingerprint density at radius 2 is 2.00 bits per heavy atom. The number of benzene rings is 1. The number of thioether (sulfide) groups is 1. The van der Waals surface area contributed by atoms with Crippen molar-refractivity contribution in [3.63, 3.8) is 0 Å². The maximum absolute atomic E-state index is 12.4. The first-order valence-corrected chi connectivity index (χ1v) is 9.35. The highest BCUT2D eigenvalue weighted by Crippen LogP contribution is 2.28. The molecular weight excluding hydrogens is 332 g/mol. The lowest BCUT2D eigenvalue weighted by molar-refractivity contribution is -0.113. The number of hydrogen-bond acceptors (Lipinski definition) is 4. The van der Waals surface area contributed by atoms with E-state index in [-0.39, 0.29) is 11.4 Å². The van der Waals surface area contributed by atoms with Crippen molar-refractivity contribution in [1.82, 2.24) is 14.5 Å². The fraction of sp³-hybridized carbons (Fsp3) is 0.316. The summed E-state index contributed by atoms with van der Waals surface area (Å²) in [4.78, 5) is 21.0. The van der Waals surface area contributed by atoms with Crippen molar-refractivity contribution < 1.29 is 4.79 Å². The summed E-state index contributed by atoms with van der Waals surface area (Å²) in [7, 11) is 0. The van der Waals surface area contributed by atoms with Crippen molar-refractivity contribution in [3.8, 4) is 0 Å². The maximum Gasteiger partial charge on any atom is 0.236 e. The molecule has 3 rings (SSSR count). The number of rotatable bonds is 5. The molecule has 6 heteroatoms. The van der Waals surface area contributed by atoms with Gasteiger partial charge in [-0.05, 0) is 44.5 Å². The lowest BCUT2D eigenvalue weighted by Gasteiger charge is -2.24. The second-order valence-corrected chi connectivity index (χ2v) is 7.82. The summed E-state index contributed by atoms with van der Waals surface area (Å²) in [5.41, 5.74) is 2.84. The van der Waals surface area contributed by atoms with Gasteiger partial charge in [-0.15, -0.1) is 11.8 Å². The predicted octanol–water partition coefficient (Wildman–Crippen LogP) is 4.06. The quantitative estimate of drug-likeness (QED) is 0.751. The minimum Gasteiger partial charge on any atom is -0.305 e. The van der Waals surface area contributed by atoms with E-state index in [0.29, 0.717) is 11.7 Å². The number of anilines is 1. The molecule has 0 fully saturated rings. The Hall–Kier alpha value is -2.34. The molecule has 0 spiro atoms. The molecule has 0 unspecified atom stereocenters. The Labute approximate surface area is 151 Å². The van der Waals surface area contributed by atoms with E-state index in [1.54, 1.807) is 18.0 Å². The highest BCUT2D eigenvalue weighted by Gasteiger charge is 2.22. The average molecular weight is 354 g/mol. The lowest BCUT2D eigenvalue weighted by atomic mass is 10.1. The number of nitrogens with zero attached hydrogens (tertiary/aromatic N) is 3. The van der Waals surface area contributed by atoms with Crippen molar-refractivity contribution in [3.05, 3.63) is 54.4 Å². The van der Waals surface area contributed by atoms with Crippen molar-refractivity contribution in [2.45, 2.75) is 32.1 Å². The first-order valence-electron chi connectivity index (χ1n) is 8.19. The highest BCUT2D eigenvalue weighted by atomic mass is 32.2. The van der Waals surface area contributed by atoms with Crippen molar-refractivity contribution in [2.75, 3.05) is 11.1 Å². The number of pyridine rings is 1. The Kier molecular flexibility index (Phi) is 5.08. The number of carbonyl (C=O) groups is 1. The van der Waals surface area contributed by atoms with Crippen LogP contribution in [0.15, 0.2) is 48.8 Å². The van der Waals surface area contributed by atoms with Crippen LogP contribution in [0.5, 0.6) is 0 Å². The molecule has 0 saturated heterocycles. The summed E-state index contributed by atoms with van der Waals surface area (Å²) >= 11 is 1.56. The van der Waals surface area contributed by atoms with Gasteiger partial charge in [0.1, 0.15) is 0 Å². The van der Waals surface area contributed by atoms with Gasteiger partial charge in [-0.3, -0.25) is 15.1 Å². The topological polar surface area (TPSA) is 59.8 Å². The third-order valence-electron chi connectivity index (χ3n) is 3.71. The second-order valence-electron chi connectivity index (χ2n) is 6.83. The summed E-state index contributed by atoms with van der Waals surface area (Å²) < 4.78 is 2.08. The normalized spacial score (nSPS) is 11.6. The van der Waals surface area contributed by atoms with Gasteiger partial charge in [0.15, 0.2) is 0 Å².